The summed E-state index contributed by atoms with van der Waals surface area (Å²) in [6.45, 7) is 0.0821. The van der Waals surface area contributed by atoms with Crippen molar-refractivity contribution in [3.05, 3.63) is 40.8 Å². The molecule has 1 aromatic carbocycles. The number of amides is 1. The summed E-state index contributed by atoms with van der Waals surface area (Å²) in [6, 6.07) is 7.13. The number of ether oxygens (including phenoxy) is 2. The first-order valence-electron chi connectivity index (χ1n) is 6.86. The van der Waals surface area contributed by atoms with Crippen LogP contribution in [0.4, 0.5) is 0 Å². The minimum absolute atomic E-state index is 0.0915. The third kappa shape index (κ3) is 4.93. The van der Waals surface area contributed by atoms with E-state index in [9.17, 15) is 9.59 Å². The summed E-state index contributed by atoms with van der Waals surface area (Å²) in [5.74, 6) is -0.497. The Labute approximate surface area is 142 Å². The summed E-state index contributed by atoms with van der Waals surface area (Å²) >= 11 is 0.987. The van der Waals surface area contributed by atoms with E-state index in [1.807, 2.05) is 6.07 Å². The van der Waals surface area contributed by atoms with Gasteiger partial charge in [-0.05, 0) is 23.9 Å². The van der Waals surface area contributed by atoms with Crippen molar-refractivity contribution >= 4 is 35.0 Å². The molecule has 1 fully saturated rings. The first kappa shape index (κ1) is 17.7. The quantitative estimate of drug-likeness (QED) is 0.338. The van der Waals surface area contributed by atoms with Gasteiger partial charge in [0.05, 0.1) is 24.8 Å². The maximum atomic E-state index is 11.7. The van der Waals surface area contributed by atoms with Crippen molar-refractivity contribution < 1.29 is 24.2 Å². The molecule has 0 atom stereocenters. The fourth-order valence-corrected chi connectivity index (χ4v) is 2.40. The van der Waals surface area contributed by atoms with E-state index in [0.717, 1.165) is 17.8 Å². The van der Waals surface area contributed by atoms with Crippen LogP contribution in [0.15, 0.2) is 45.4 Å². The molecule has 1 aromatic rings. The SMILES string of the molecule is COC(=O)/C=C1/S/C(=N\N=Cc2ccccc2OCCO)NC1=O. The molecule has 0 unspecified atom stereocenters. The van der Waals surface area contributed by atoms with E-state index in [1.165, 1.54) is 13.3 Å². The van der Waals surface area contributed by atoms with Crippen molar-refractivity contribution in [2.45, 2.75) is 0 Å². The Hall–Kier alpha value is -2.65. The minimum atomic E-state index is -0.618. The van der Waals surface area contributed by atoms with E-state index in [0.29, 0.717) is 11.3 Å². The number of nitrogens with zero attached hydrogens (tertiary/aromatic N) is 2. The zero-order chi connectivity index (χ0) is 17.4. The van der Waals surface area contributed by atoms with Crippen LogP contribution >= 0.6 is 11.8 Å². The second kappa shape index (κ2) is 8.85. The molecule has 8 nitrogen and oxygen atoms in total. The highest BCUT2D eigenvalue weighted by molar-refractivity contribution is 8.18. The van der Waals surface area contributed by atoms with E-state index in [1.54, 1.807) is 18.2 Å². The normalized spacial score (nSPS) is 17.5. The highest BCUT2D eigenvalue weighted by atomic mass is 32.2. The lowest BCUT2D eigenvalue weighted by molar-refractivity contribution is -0.135. The number of benzene rings is 1. The summed E-state index contributed by atoms with van der Waals surface area (Å²) in [4.78, 5) is 23.0. The Morgan fingerprint density at radius 3 is 2.96 bits per heavy atom. The molecule has 1 heterocycles. The van der Waals surface area contributed by atoms with Crippen molar-refractivity contribution in [1.29, 1.82) is 0 Å². The van der Waals surface area contributed by atoms with Gasteiger partial charge in [0.15, 0.2) is 5.17 Å². The molecule has 0 radical (unpaired) electrons. The molecule has 24 heavy (non-hydrogen) atoms. The Kier molecular flexibility index (Phi) is 6.52. The maximum absolute atomic E-state index is 11.7. The van der Waals surface area contributed by atoms with E-state index in [2.05, 4.69) is 20.3 Å². The average molecular weight is 349 g/mol. The molecule has 126 valence electrons. The van der Waals surface area contributed by atoms with Gasteiger partial charge in [0, 0.05) is 11.6 Å². The van der Waals surface area contributed by atoms with Gasteiger partial charge in [0.1, 0.15) is 12.4 Å². The predicted octanol–water partition coefficient (Wildman–Crippen LogP) is 0.667. The molecule has 1 aliphatic heterocycles. The fourth-order valence-electron chi connectivity index (χ4n) is 1.66. The Balaban J connectivity index is 2.06. The molecule has 2 rings (SSSR count). The van der Waals surface area contributed by atoms with Crippen LogP contribution in [0.2, 0.25) is 0 Å². The van der Waals surface area contributed by atoms with Gasteiger partial charge in [-0.2, -0.15) is 5.10 Å². The van der Waals surface area contributed by atoms with Gasteiger partial charge in [-0.3, -0.25) is 10.1 Å². The topological polar surface area (TPSA) is 110 Å². The van der Waals surface area contributed by atoms with Gasteiger partial charge in [-0.15, -0.1) is 5.10 Å². The van der Waals surface area contributed by atoms with Gasteiger partial charge < -0.3 is 14.6 Å². The highest BCUT2D eigenvalue weighted by Crippen LogP contribution is 2.23. The van der Waals surface area contributed by atoms with E-state index in [4.69, 9.17) is 9.84 Å². The highest BCUT2D eigenvalue weighted by Gasteiger charge is 2.24. The van der Waals surface area contributed by atoms with Crippen molar-refractivity contribution in [3.8, 4) is 5.75 Å². The van der Waals surface area contributed by atoms with Gasteiger partial charge >= 0.3 is 5.97 Å². The molecule has 1 amide bonds. The van der Waals surface area contributed by atoms with Crippen molar-refractivity contribution in [3.63, 3.8) is 0 Å². The molecule has 0 aliphatic carbocycles. The Bertz CT molecular complexity index is 715. The van der Waals surface area contributed by atoms with Crippen LogP contribution in [-0.4, -0.2) is 48.7 Å². The molecular formula is C15H15N3O5S. The molecule has 0 aromatic heterocycles. The standard InChI is InChI=1S/C15H15N3O5S/c1-22-13(20)8-12-14(21)17-15(24-12)18-16-9-10-4-2-3-5-11(10)23-7-6-19/h2-5,8-9,19H,6-7H2,1H3,(H,17,18,21)/b12-8+,16-9?. The lowest BCUT2D eigenvalue weighted by atomic mass is 10.2. The van der Waals surface area contributed by atoms with E-state index in [-0.39, 0.29) is 23.3 Å². The summed E-state index contributed by atoms with van der Waals surface area (Å²) in [6.07, 6.45) is 2.55. The smallest absolute Gasteiger partial charge is 0.331 e. The molecule has 0 spiro atoms. The van der Waals surface area contributed by atoms with E-state index >= 15 is 0 Å². The molecule has 1 aliphatic rings. The van der Waals surface area contributed by atoms with Crippen molar-refractivity contribution in [2.24, 2.45) is 10.2 Å². The number of thioether (sulfide) groups is 1. The van der Waals surface area contributed by atoms with Crippen molar-refractivity contribution in [2.75, 3.05) is 20.3 Å². The second-order valence-corrected chi connectivity index (χ2v) is 5.38. The number of amidine groups is 1. The zero-order valence-electron chi connectivity index (χ0n) is 12.8. The van der Waals surface area contributed by atoms with Gasteiger partial charge in [0.25, 0.3) is 5.91 Å². The van der Waals surface area contributed by atoms with Gasteiger partial charge in [-0.1, -0.05) is 12.1 Å². The molecule has 9 heteroatoms. The number of hydrogen-bond acceptors (Lipinski definition) is 8. The van der Waals surface area contributed by atoms with Crippen LogP contribution in [0.1, 0.15) is 5.56 Å². The number of aliphatic hydroxyl groups excluding tert-OH is 1. The number of nitrogens with one attached hydrogen (secondary N) is 1. The third-order valence-corrected chi connectivity index (χ3v) is 3.61. The van der Waals surface area contributed by atoms with Crippen LogP contribution in [0, 0.1) is 0 Å². The van der Waals surface area contributed by atoms with Gasteiger partial charge in [0.2, 0.25) is 0 Å². The van der Waals surface area contributed by atoms with E-state index < -0.39 is 11.9 Å². The number of hydrogen-bond donors (Lipinski definition) is 2. The molecular weight excluding hydrogens is 334 g/mol. The molecule has 0 bridgehead atoms. The maximum Gasteiger partial charge on any atom is 0.331 e. The van der Waals surface area contributed by atoms with Gasteiger partial charge in [-0.25, -0.2) is 4.79 Å². The molecule has 2 N–H and O–H groups in total. The van der Waals surface area contributed by atoms with Crippen LogP contribution in [0.25, 0.3) is 0 Å². The number of para-hydroxylation sites is 1. The Morgan fingerprint density at radius 2 is 2.21 bits per heavy atom. The van der Waals surface area contributed by atoms with Crippen LogP contribution in [-0.2, 0) is 14.3 Å². The summed E-state index contributed by atoms with van der Waals surface area (Å²) in [7, 11) is 1.23. The largest absolute Gasteiger partial charge is 0.491 e. The number of methoxy groups -OCH3 is 1. The zero-order valence-corrected chi connectivity index (χ0v) is 13.6. The lowest BCUT2D eigenvalue weighted by Crippen LogP contribution is -2.19. The number of esters is 1. The summed E-state index contributed by atoms with van der Waals surface area (Å²) in [5.41, 5.74) is 0.676. The molecule has 1 saturated heterocycles. The first-order chi connectivity index (χ1) is 11.6. The monoisotopic (exact) mass is 349 g/mol. The summed E-state index contributed by atoms with van der Waals surface area (Å²) < 4.78 is 9.84. The fraction of sp³-hybridized carbons (Fsp3) is 0.200. The van der Waals surface area contributed by atoms with Crippen molar-refractivity contribution in [1.82, 2.24) is 5.32 Å². The number of carbonyl (C=O) groups excluding carboxylic acids is 2. The number of carbonyl (C=O) groups is 2. The van der Waals surface area contributed by atoms with Crippen LogP contribution in [0.3, 0.4) is 0 Å². The Morgan fingerprint density at radius 1 is 1.42 bits per heavy atom. The lowest BCUT2D eigenvalue weighted by Gasteiger charge is -2.06. The van der Waals surface area contributed by atoms with Crippen LogP contribution in [0.5, 0.6) is 5.75 Å². The number of aliphatic hydroxyl groups is 1. The third-order valence-electron chi connectivity index (χ3n) is 2.71. The average Bonchev–Trinajstić information content (AvgIpc) is 2.93. The molecule has 0 saturated carbocycles. The first-order valence-corrected chi connectivity index (χ1v) is 7.68. The predicted molar refractivity (Wildman–Crippen MR) is 89.9 cm³/mol. The summed E-state index contributed by atoms with van der Waals surface area (Å²) in [5, 5.41) is 19.3. The minimum Gasteiger partial charge on any atom is -0.491 e. The number of rotatable bonds is 6. The second-order valence-electron chi connectivity index (χ2n) is 4.35. The van der Waals surface area contributed by atoms with Crippen LogP contribution < -0.4 is 10.1 Å².